The van der Waals surface area contributed by atoms with E-state index in [1.54, 1.807) is 9.80 Å². The highest BCUT2D eigenvalue weighted by Gasteiger charge is 2.32. The Hall–Kier alpha value is -3.11. The Bertz CT molecular complexity index is 1000. The number of pyridine rings is 1. The standard InChI is InChI=1S/C23H30F3N5O3/c1-15(2)14-34-22(33)30-9-5-8-29(10-11-30)21(32)18-13-28-31(20(18)16(3)4)19-7-6-17(12-27-19)23(24,25)26/h6-7,12-13,15-16H,5,8-11,14H2,1-4H3. The third-order valence-corrected chi connectivity index (χ3v) is 5.46. The van der Waals surface area contributed by atoms with Gasteiger partial charge in [-0.25, -0.2) is 14.5 Å². The molecule has 8 nitrogen and oxygen atoms in total. The van der Waals surface area contributed by atoms with Gasteiger partial charge in [0.05, 0.1) is 29.6 Å². The molecule has 34 heavy (non-hydrogen) atoms. The zero-order valence-corrected chi connectivity index (χ0v) is 19.8. The van der Waals surface area contributed by atoms with Crippen LogP contribution in [0.4, 0.5) is 18.0 Å². The van der Waals surface area contributed by atoms with E-state index in [0.717, 1.165) is 12.3 Å². The summed E-state index contributed by atoms with van der Waals surface area (Å²) in [5.41, 5.74) is 0.0779. The monoisotopic (exact) mass is 481 g/mol. The second-order valence-electron chi connectivity index (χ2n) is 9.02. The summed E-state index contributed by atoms with van der Waals surface area (Å²) < 4.78 is 45.4. The molecule has 186 valence electrons. The summed E-state index contributed by atoms with van der Waals surface area (Å²) in [4.78, 5) is 32.9. The van der Waals surface area contributed by atoms with Gasteiger partial charge >= 0.3 is 12.3 Å². The SMILES string of the molecule is CC(C)COC(=O)N1CCCN(C(=O)c2cnn(-c3ccc(C(F)(F)F)cn3)c2C(C)C)CC1. The van der Waals surface area contributed by atoms with Crippen LogP contribution < -0.4 is 0 Å². The number of ether oxygens (including phenoxy) is 1. The predicted octanol–water partition coefficient (Wildman–Crippen LogP) is 4.35. The molecule has 3 rings (SSSR count). The number of hydrogen-bond acceptors (Lipinski definition) is 5. The third kappa shape index (κ3) is 5.87. The molecular formula is C23H30F3N5O3. The Morgan fingerprint density at radius 1 is 1.03 bits per heavy atom. The van der Waals surface area contributed by atoms with Crippen molar-refractivity contribution in [2.45, 2.75) is 46.2 Å². The third-order valence-electron chi connectivity index (χ3n) is 5.46. The van der Waals surface area contributed by atoms with Crippen LogP contribution in [0.3, 0.4) is 0 Å². The molecule has 0 unspecified atom stereocenters. The van der Waals surface area contributed by atoms with Gasteiger partial charge in [-0.15, -0.1) is 0 Å². The van der Waals surface area contributed by atoms with E-state index in [4.69, 9.17) is 4.74 Å². The molecule has 11 heteroatoms. The number of hydrogen-bond donors (Lipinski definition) is 0. The van der Waals surface area contributed by atoms with E-state index in [1.807, 2.05) is 27.7 Å². The molecule has 0 spiro atoms. The molecule has 2 aromatic rings. The molecule has 0 aliphatic carbocycles. The number of rotatable bonds is 5. The van der Waals surface area contributed by atoms with Crippen LogP contribution in [-0.4, -0.2) is 69.4 Å². The molecule has 1 aliphatic heterocycles. The van der Waals surface area contributed by atoms with Gasteiger partial charge in [-0.2, -0.15) is 18.3 Å². The summed E-state index contributed by atoms with van der Waals surface area (Å²) in [6.07, 6.45) is -2.08. The van der Waals surface area contributed by atoms with Crippen molar-refractivity contribution >= 4 is 12.0 Å². The molecule has 2 aromatic heterocycles. The van der Waals surface area contributed by atoms with Gasteiger partial charge in [0.25, 0.3) is 5.91 Å². The van der Waals surface area contributed by atoms with Crippen molar-refractivity contribution in [3.8, 4) is 5.82 Å². The van der Waals surface area contributed by atoms with Gasteiger partial charge < -0.3 is 14.5 Å². The number of carbonyl (C=O) groups excluding carboxylic acids is 2. The molecule has 0 atom stereocenters. The van der Waals surface area contributed by atoms with E-state index in [-0.39, 0.29) is 29.7 Å². The van der Waals surface area contributed by atoms with Crippen molar-refractivity contribution < 1.29 is 27.5 Å². The van der Waals surface area contributed by atoms with E-state index in [0.29, 0.717) is 50.5 Å². The zero-order valence-electron chi connectivity index (χ0n) is 19.8. The number of halogens is 3. The molecule has 1 saturated heterocycles. The summed E-state index contributed by atoms with van der Waals surface area (Å²) in [5, 5.41) is 4.26. The van der Waals surface area contributed by atoms with Crippen LogP contribution in [-0.2, 0) is 10.9 Å². The average molecular weight is 482 g/mol. The van der Waals surface area contributed by atoms with Crippen LogP contribution in [0.15, 0.2) is 24.5 Å². The molecule has 0 saturated carbocycles. The molecule has 0 N–H and O–H groups in total. The molecular weight excluding hydrogens is 451 g/mol. The fourth-order valence-electron chi connectivity index (χ4n) is 3.74. The Labute approximate surface area is 196 Å². The Morgan fingerprint density at radius 3 is 2.29 bits per heavy atom. The van der Waals surface area contributed by atoms with Crippen molar-refractivity contribution in [3.63, 3.8) is 0 Å². The fraction of sp³-hybridized carbons (Fsp3) is 0.565. The highest BCUT2D eigenvalue weighted by Crippen LogP contribution is 2.30. The van der Waals surface area contributed by atoms with Crippen molar-refractivity contribution in [2.75, 3.05) is 32.8 Å². The van der Waals surface area contributed by atoms with Crippen molar-refractivity contribution in [3.05, 3.63) is 41.3 Å². The smallest absolute Gasteiger partial charge is 0.417 e. The van der Waals surface area contributed by atoms with Gasteiger partial charge in [0.15, 0.2) is 5.82 Å². The first kappa shape index (κ1) is 25.5. The van der Waals surface area contributed by atoms with Gasteiger partial charge in [-0.3, -0.25) is 4.79 Å². The normalized spacial score (nSPS) is 15.1. The summed E-state index contributed by atoms with van der Waals surface area (Å²) in [7, 11) is 0. The van der Waals surface area contributed by atoms with E-state index in [2.05, 4.69) is 10.1 Å². The predicted molar refractivity (Wildman–Crippen MR) is 119 cm³/mol. The van der Waals surface area contributed by atoms with Crippen LogP contribution in [0.1, 0.15) is 61.6 Å². The van der Waals surface area contributed by atoms with E-state index in [9.17, 15) is 22.8 Å². The molecule has 1 aliphatic rings. The molecule has 0 bridgehead atoms. The van der Waals surface area contributed by atoms with Crippen LogP contribution in [0.25, 0.3) is 5.82 Å². The first-order chi connectivity index (χ1) is 16.0. The van der Waals surface area contributed by atoms with Gasteiger partial charge in [0.1, 0.15) is 0 Å². The van der Waals surface area contributed by atoms with Crippen LogP contribution in [0, 0.1) is 5.92 Å². The number of amides is 2. The molecule has 2 amide bonds. The zero-order chi connectivity index (χ0) is 25.0. The van der Waals surface area contributed by atoms with Crippen LogP contribution >= 0.6 is 0 Å². The minimum Gasteiger partial charge on any atom is -0.449 e. The van der Waals surface area contributed by atoms with Crippen molar-refractivity contribution in [1.82, 2.24) is 24.6 Å². The second kappa shape index (κ2) is 10.4. The number of carbonyl (C=O) groups is 2. The molecule has 0 aromatic carbocycles. The van der Waals surface area contributed by atoms with Crippen LogP contribution in [0.2, 0.25) is 0 Å². The van der Waals surface area contributed by atoms with Crippen molar-refractivity contribution in [1.29, 1.82) is 0 Å². The number of aromatic nitrogens is 3. The van der Waals surface area contributed by atoms with E-state index < -0.39 is 11.7 Å². The Morgan fingerprint density at radius 2 is 1.71 bits per heavy atom. The first-order valence-corrected chi connectivity index (χ1v) is 11.3. The molecule has 1 fully saturated rings. The summed E-state index contributed by atoms with van der Waals surface area (Å²) in [6, 6.07) is 2.18. The van der Waals surface area contributed by atoms with Gasteiger partial charge in [0.2, 0.25) is 0 Å². The van der Waals surface area contributed by atoms with E-state index >= 15 is 0 Å². The maximum absolute atomic E-state index is 13.4. The topological polar surface area (TPSA) is 80.6 Å². The quantitative estimate of drug-likeness (QED) is 0.634. The Kier molecular flexibility index (Phi) is 7.83. The second-order valence-corrected chi connectivity index (χ2v) is 9.02. The lowest BCUT2D eigenvalue weighted by molar-refractivity contribution is -0.137. The van der Waals surface area contributed by atoms with Gasteiger partial charge in [-0.1, -0.05) is 27.7 Å². The highest BCUT2D eigenvalue weighted by atomic mass is 19.4. The largest absolute Gasteiger partial charge is 0.449 e. The summed E-state index contributed by atoms with van der Waals surface area (Å²) >= 11 is 0. The van der Waals surface area contributed by atoms with Crippen LogP contribution in [0.5, 0.6) is 0 Å². The average Bonchev–Trinajstić information content (AvgIpc) is 3.08. The molecule has 3 heterocycles. The lowest BCUT2D eigenvalue weighted by Gasteiger charge is -2.22. The lowest BCUT2D eigenvalue weighted by atomic mass is 10.0. The molecule has 0 radical (unpaired) electrons. The number of alkyl halides is 3. The van der Waals surface area contributed by atoms with Gasteiger partial charge in [0, 0.05) is 32.4 Å². The Balaban J connectivity index is 1.78. The highest BCUT2D eigenvalue weighted by molar-refractivity contribution is 5.95. The lowest BCUT2D eigenvalue weighted by Crippen LogP contribution is -2.38. The fourth-order valence-corrected chi connectivity index (χ4v) is 3.74. The minimum atomic E-state index is -4.49. The van der Waals surface area contributed by atoms with Gasteiger partial charge in [-0.05, 0) is 30.4 Å². The maximum atomic E-state index is 13.4. The first-order valence-electron chi connectivity index (χ1n) is 11.3. The number of nitrogens with zero attached hydrogens (tertiary/aromatic N) is 5. The summed E-state index contributed by atoms with van der Waals surface area (Å²) in [5.74, 6) is 0.0594. The van der Waals surface area contributed by atoms with E-state index in [1.165, 1.54) is 16.9 Å². The van der Waals surface area contributed by atoms with Crippen molar-refractivity contribution in [2.24, 2.45) is 5.92 Å². The maximum Gasteiger partial charge on any atom is 0.417 e. The summed E-state index contributed by atoms with van der Waals surface area (Å²) in [6.45, 7) is 9.68. The minimum absolute atomic E-state index is 0.139.